The molecular formula is C24H18N4O5. The Bertz CT molecular complexity index is 1390. The second kappa shape index (κ2) is 9.15. The Morgan fingerprint density at radius 3 is 2.24 bits per heavy atom. The standard InChI is InChI=1S/C24H18N4O5/c1-33-19-14-17(28(31)32)12-13-18(19)25-23(29)21-20(15-8-4-2-5-9-15)22(26-27-24(21)30)16-10-6-3-7-11-16/h2-14H,1H3,(H,25,29)(H,27,30). The van der Waals surface area contributed by atoms with Gasteiger partial charge in [0.1, 0.15) is 11.3 Å². The van der Waals surface area contributed by atoms with E-state index in [4.69, 9.17) is 4.74 Å². The zero-order valence-corrected chi connectivity index (χ0v) is 17.4. The van der Waals surface area contributed by atoms with Crippen molar-refractivity contribution in [1.29, 1.82) is 0 Å². The number of aromatic amines is 1. The summed E-state index contributed by atoms with van der Waals surface area (Å²) in [5.41, 5.74) is 1.33. The molecule has 9 heteroatoms. The third kappa shape index (κ3) is 4.33. The molecule has 0 bridgehead atoms. The van der Waals surface area contributed by atoms with Gasteiger partial charge in [0.2, 0.25) is 0 Å². The first-order chi connectivity index (χ1) is 16.0. The van der Waals surface area contributed by atoms with Gasteiger partial charge in [-0.3, -0.25) is 19.7 Å². The normalized spacial score (nSPS) is 10.5. The topological polar surface area (TPSA) is 127 Å². The summed E-state index contributed by atoms with van der Waals surface area (Å²) in [6.07, 6.45) is 0. The molecule has 164 valence electrons. The second-order valence-electron chi connectivity index (χ2n) is 6.98. The minimum Gasteiger partial charge on any atom is -0.494 e. The number of methoxy groups -OCH3 is 1. The van der Waals surface area contributed by atoms with Gasteiger partial charge in [0.15, 0.2) is 0 Å². The molecule has 0 aliphatic heterocycles. The van der Waals surface area contributed by atoms with E-state index in [1.54, 1.807) is 24.3 Å². The average molecular weight is 442 g/mol. The fourth-order valence-corrected chi connectivity index (χ4v) is 3.44. The molecule has 3 aromatic carbocycles. The van der Waals surface area contributed by atoms with Crippen LogP contribution in [0.5, 0.6) is 5.75 Å². The van der Waals surface area contributed by atoms with Crippen molar-refractivity contribution in [2.75, 3.05) is 12.4 Å². The summed E-state index contributed by atoms with van der Waals surface area (Å²) >= 11 is 0. The fraction of sp³-hybridized carbons (Fsp3) is 0.0417. The maximum absolute atomic E-state index is 13.4. The highest BCUT2D eigenvalue weighted by Crippen LogP contribution is 2.33. The molecule has 4 aromatic rings. The summed E-state index contributed by atoms with van der Waals surface area (Å²) in [6, 6.07) is 21.9. The quantitative estimate of drug-likeness (QED) is 0.339. The van der Waals surface area contributed by atoms with Crippen molar-refractivity contribution >= 4 is 17.3 Å². The van der Waals surface area contributed by atoms with Gasteiger partial charge < -0.3 is 10.1 Å². The van der Waals surface area contributed by atoms with E-state index in [9.17, 15) is 19.7 Å². The van der Waals surface area contributed by atoms with Crippen molar-refractivity contribution < 1.29 is 14.5 Å². The second-order valence-corrected chi connectivity index (χ2v) is 6.98. The van der Waals surface area contributed by atoms with Gasteiger partial charge in [-0.25, -0.2) is 5.10 Å². The SMILES string of the molecule is COc1cc([N+](=O)[O-])ccc1NC(=O)c1c(-c2ccccc2)c(-c2ccccc2)n[nH]c1=O. The molecule has 1 heterocycles. The molecule has 2 N–H and O–H groups in total. The zero-order chi connectivity index (χ0) is 23.4. The number of benzene rings is 3. The molecule has 4 rings (SSSR count). The van der Waals surface area contributed by atoms with Crippen molar-refractivity contribution in [2.24, 2.45) is 0 Å². The zero-order valence-electron chi connectivity index (χ0n) is 17.4. The number of non-ortho nitro benzene ring substituents is 1. The van der Waals surface area contributed by atoms with Crippen LogP contribution in [0, 0.1) is 10.1 Å². The predicted molar refractivity (Wildman–Crippen MR) is 123 cm³/mol. The van der Waals surface area contributed by atoms with Gasteiger partial charge in [0.05, 0.1) is 29.5 Å². The molecule has 0 saturated carbocycles. The van der Waals surface area contributed by atoms with Gasteiger partial charge in [0, 0.05) is 17.2 Å². The number of hydrogen-bond donors (Lipinski definition) is 2. The number of nitrogens with one attached hydrogen (secondary N) is 2. The highest BCUT2D eigenvalue weighted by atomic mass is 16.6. The van der Waals surface area contributed by atoms with Crippen LogP contribution >= 0.6 is 0 Å². The van der Waals surface area contributed by atoms with E-state index in [1.807, 2.05) is 36.4 Å². The molecular weight excluding hydrogens is 424 g/mol. The lowest BCUT2D eigenvalue weighted by molar-refractivity contribution is -0.384. The summed E-state index contributed by atoms with van der Waals surface area (Å²) in [6.45, 7) is 0. The molecule has 0 atom stereocenters. The van der Waals surface area contributed by atoms with Crippen molar-refractivity contribution in [1.82, 2.24) is 10.2 Å². The molecule has 0 saturated heterocycles. The monoisotopic (exact) mass is 442 g/mol. The number of ether oxygens (including phenoxy) is 1. The van der Waals surface area contributed by atoms with Crippen LogP contribution in [0.15, 0.2) is 83.7 Å². The van der Waals surface area contributed by atoms with Crippen LogP contribution in [-0.4, -0.2) is 28.1 Å². The van der Waals surface area contributed by atoms with E-state index in [-0.39, 0.29) is 22.7 Å². The Balaban J connectivity index is 1.87. The van der Waals surface area contributed by atoms with E-state index < -0.39 is 16.4 Å². The first-order valence-corrected chi connectivity index (χ1v) is 9.87. The fourth-order valence-electron chi connectivity index (χ4n) is 3.44. The maximum atomic E-state index is 13.4. The van der Waals surface area contributed by atoms with Crippen LogP contribution in [0.25, 0.3) is 22.4 Å². The predicted octanol–water partition coefficient (Wildman–Crippen LogP) is 4.27. The van der Waals surface area contributed by atoms with Crippen LogP contribution in [0.2, 0.25) is 0 Å². The number of anilines is 1. The van der Waals surface area contributed by atoms with Crippen molar-refractivity contribution in [2.45, 2.75) is 0 Å². The summed E-state index contributed by atoms with van der Waals surface area (Å²) in [7, 11) is 1.33. The highest BCUT2D eigenvalue weighted by molar-refractivity contribution is 6.10. The number of carbonyl (C=O) groups excluding carboxylic acids is 1. The lowest BCUT2D eigenvalue weighted by Crippen LogP contribution is -2.26. The van der Waals surface area contributed by atoms with Gasteiger partial charge >= 0.3 is 0 Å². The number of aromatic nitrogens is 2. The molecule has 9 nitrogen and oxygen atoms in total. The Labute approximate surface area is 187 Å². The van der Waals surface area contributed by atoms with Crippen molar-refractivity contribution in [3.63, 3.8) is 0 Å². The number of nitro benzene ring substituents is 1. The van der Waals surface area contributed by atoms with Crippen LogP contribution in [-0.2, 0) is 0 Å². The summed E-state index contributed by atoms with van der Waals surface area (Å²) < 4.78 is 5.19. The van der Waals surface area contributed by atoms with Crippen LogP contribution in [0.1, 0.15) is 10.4 Å². The summed E-state index contributed by atoms with van der Waals surface area (Å²) in [5.74, 6) is -0.616. The van der Waals surface area contributed by atoms with E-state index in [0.29, 0.717) is 16.8 Å². The number of rotatable bonds is 6. The van der Waals surface area contributed by atoms with Gasteiger partial charge in [-0.05, 0) is 11.6 Å². The third-order valence-corrected chi connectivity index (χ3v) is 4.96. The lowest BCUT2D eigenvalue weighted by atomic mass is 9.95. The lowest BCUT2D eigenvalue weighted by Gasteiger charge is -2.15. The van der Waals surface area contributed by atoms with Crippen molar-refractivity contribution in [3.8, 4) is 28.1 Å². The minimum absolute atomic E-state index is 0.0904. The molecule has 33 heavy (non-hydrogen) atoms. The van der Waals surface area contributed by atoms with Crippen LogP contribution in [0.3, 0.4) is 0 Å². The van der Waals surface area contributed by atoms with E-state index in [1.165, 1.54) is 25.3 Å². The van der Waals surface area contributed by atoms with E-state index in [2.05, 4.69) is 15.5 Å². The third-order valence-electron chi connectivity index (χ3n) is 4.96. The molecule has 0 fully saturated rings. The Hall–Kier alpha value is -4.79. The van der Waals surface area contributed by atoms with Gasteiger partial charge in [-0.15, -0.1) is 0 Å². The number of amides is 1. The number of nitrogens with zero attached hydrogens (tertiary/aromatic N) is 2. The van der Waals surface area contributed by atoms with Crippen molar-refractivity contribution in [3.05, 3.63) is 105 Å². The van der Waals surface area contributed by atoms with Crippen LogP contribution < -0.4 is 15.6 Å². The average Bonchev–Trinajstić information content (AvgIpc) is 2.84. The van der Waals surface area contributed by atoms with E-state index in [0.717, 1.165) is 5.56 Å². The first-order valence-electron chi connectivity index (χ1n) is 9.87. The summed E-state index contributed by atoms with van der Waals surface area (Å²) in [5, 5.41) is 20.3. The number of nitro groups is 1. The minimum atomic E-state index is -0.707. The number of carbonyl (C=O) groups is 1. The largest absolute Gasteiger partial charge is 0.494 e. The highest BCUT2D eigenvalue weighted by Gasteiger charge is 2.24. The van der Waals surface area contributed by atoms with Gasteiger partial charge in [0.25, 0.3) is 17.2 Å². The first kappa shape index (κ1) is 21.4. The Kier molecular flexibility index (Phi) is 5.94. The maximum Gasteiger partial charge on any atom is 0.277 e. The molecule has 0 radical (unpaired) electrons. The summed E-state index contributed by atoms with van der Waals surface area (Å²) in [4.78, 5) is 36.7. The molecule has 1 amide bonds. The van der Waals surface area contributed by atoms with Crippen LogP contribution in [0.4, 0.5) is 11.4 Å². The molecule has 0 spiro atoms. The molecule has 0 aliphatic rings. The number of H-pyrrole nitrogens is 1. The Morgan fingerprint density at radius 2 is 1.64 bits per heavy atom. The van der Waals surface area contributed by atoms with E-state index >= 15 is 0 Å². The molecule has 1 aromatic heterocycles. The van der Waals surface area contributed by atoms with Gasteiger partial charge in [-0.2, -0.15) is 5.10 Å². The smallest absolute Gasteiger partial charge is 0.277 e. The van der Waals surface area contributed by atoms with Gasteiger partial charge in [-0.1, -0.05) is 60.7 Å². The molecule has 0 aliphatic carbocycles. The number of hydrogen-bond acceptors (Lipinski definition) is 6. The molecule has 0 unspecified atom stereocenters. The Morgan fingerprint density at radius 1 is 1.00 bits per heavy atom.